The lowest BCUT2D eigenvalue weighted by molar-refractivity contribution is 0.0699. The molecule has 1 N–H and O–H groups in total. The number of aromatic nitrogens is 1. The van der Waals surface area contributed by atoms with Crippen molar-refractivity contribution in [1.29, 1.82) is 0 Å². The normalized spacial score (nSPS) is 17.8. The molecule has 1 saturated heterocycles. The molecule has 0 amide bonds. The minimum Gasteiger partial charge on any atom is -0.478 e. The van der Waals surface area contributed by atoms with Gasteiger partial charge in [0, 0.05) is 43.4 Å². The van der Waals surface area contributed by atoms with Gasteiger partial charge < -0.3 is 14.9 Å². The minimum atomic E-state index is -0.940. The molecule has 46 heavy (non-hydrogen) atoms. The van der Waals surface area contributed by atoms with Gasteiger partial charge in [0.05, 0.1) is 11.1 Å². The van der Waals surface area contributed by atoms with E-state index in [1.807, 2.05) is 12.1 Å². The summed E-state index contributed by atoms with van der Waals surface area (Å²) >= 11 is 0. The Bertz CT molecular complexity index is 2050. The van der Waals surface area contributed by atoms with Crippen LogP contribution in [0, 0.1) is 0 Å². The van der Waals surface area contributed by atoms with Crippen LogP contribution >= 0.6 is 0 Å². The highest BCUT2D eigenvalue weighted by molar-refractivity contribution is 6.09. The number of carbonyl (C=O) groups is 1. The lowest BCUT2D eigenvalue weighted by Crippen LogP contribution is -2.44. The predicted molar refractivity (Wildman–Crippen MR) is 190 cm³/mol. The van der Waals surface area contributed by atoms with Crippen molar-refractivity contribution in [3.8, 4) is 0 Å². The smallest absolute Gasteiger partial charge is 0.337 e. The number of carboxylic acids is 1. The fourth-order valence-electron chi connectivity index (χ4n) is 7.71. The van der Waals surface area contributed by atoms with Crippen molar-refractivity contribution in [2.75, 3.05) is 38.1 Å². The van der Waals surface area contributed by atoms with Crippen molar-refractivity contribution in [1.82, 2.24) is 9.88 Å². The molecule has 0 spiro atoms. The number of rotatable bonds is 3. The molecule has 1 aromatic heterocycles. The van der Waals surface area contributed by atoms with Crippen molar-refractivity contribution in [3.05, 3.63) is 132 Å². The summed E-state index contributed by atoms with van der Waals surface area (Å²) in [5.41, 5.74) is 6.93. The van der Waals surface area contributed by atoms with Gasteiger partial charge in [-0.05, 0) is 93.7 Å². The number of anilines is 1. The Morgan fingerprint density at radius 1 is 0.783 bits per heavy atom. The predicted octanol–water partition coefficient (Wildman–Crippen LogP) is 8.69. The Hall–Kier alpha value is -4.74. The van der Waals surface area contributed by atoms with E-state index in [4.69, 9.17) is 5.11 Å². The average molecular weight is 608 g/mol. The first-order valence-corrected chi connectivity index (χ1v) is 16.3. The Labute approximate surface area is 271 Å². The van der Waals surface area contributed by atoms with E-state index in [-0.39, 0.29) is 11.0 Å². The highest BCUT2D eigenvalue weighted by Gasteiger charge is 2.35. The molecule has 2 heterocycles. The largest absolute Gasteiger partial charge is 0.478 e. The number of benzene rings is 5. The second kappa shape index (κ2) is 12.2. The molecular formula is C41H41N3O2. The summed E-state index contributed by atoms with van der Waals surface area (Å²) in [5.74, 6) is -0.373. The van der Waals surface area contributed by atoms with Crippen LogP contribution < -0.4 is 4.90 Å². The summed E-state index contributed by atoms with van der Waals surface area (Å²) in [5, 5.41) is 15.2. The monoisotopic (exact) mass is 607 g/mol. The molecular weight excluding hydrogens is 566 g/mol. The maximum Gasteiger partial charge on any atom is 0.337 e. The van der Waals surface area contributed by atoms with E-state index >= 15 is 0 Å². The van der Waals surface area contributed by atoms with Gasteiger partial charge >= 0.3 is 5.97 Å². The van der Waals surface area contributed by atoms with Crippen LogP contribution in [0.1, 0.15) is 53.2 Å². The zero-order valence-electron chi connectivity index (χ0n) is 26.9. The Kier molecular flexibility index (Phi) is 7.95. The number of nitrogens with zero attached hydrogens (tertiary/aromatic N) is 3. The summed E-state index contributed by atoms with van der Waals surface area (Å²) in [6.07, 6.45) is 3.92. The van der Waals surface area contributed by atoms with Crippen LogP contribution in [-0.4, -0.2) is 54.2 Å². The van der Waals surface area contributed by atoms with Crippen molar-refractivity contribution in [3.63, 3.8) is 0 Å². The van der Waals surface area contributed by atoms with Gasteiger partial charge in [-0.15, -0.1) is 0 Å². The van der Waals surface area contributed by atoms with Gasteiger partial charge in [0.1, 0.15) is 0 Å². The topological polar surface area (TPSA) is 56.7 Å². The Morgan fingerprint density at radius 3 is 2.35 bits per heavy atom. The summed E-state index contributed by atoms with van der Waals surface area (Å²) in [6.45, 7) is 9.46. The van der Waals surface area contributed by atoms with E-state index in [2.05, 4.69) is 108 Å². The SMILES string of the molecule is CN1CCN(c2cccc(C3Cc4ccc5c(ccc6ccccc65)c4C(C)(C)C3)c2)CC1.O=C(O)c1cccc2cccnc12. The number of para-hydroxylation sites is 1. The van der Waals surface area contributed by atoms with Crippen LogP contribution in [0.25, 0.3) is 32.4 Å². The van der Waals surface area contributed by atoms with Crippen molar-refractivity contribution in [2.24, 2.45) is 0 Å². The third kappa shape index (κ3) is 5.72. The average Bonchev–Trinajstić information content (AvgIpc) is 3.08. The number of likely N-dealkylation sites (N-methyl/N-ethyl adjacent to an activating group) is 1. The van der Waals surface area contributed by atoms with E-state index in [0.717, 1.165) is 38.0 Å². The summed E-state index contributed by atoms with van der Waals surface area (Å²) in [4.78, 5) is 19.8. The molecule has 1 atom stereocenters. The zero-order chi connectivity index (χ0) is 31.8. The van der Waals surface area contributed by atoms with Crippen LogP contribution in [0.5, 0.6) is 0 Å². The van der Waals surface area contributed by atoms with Crippen LogP contribution in [0.2, 0.25) is 0 Å². The first kappa shape index (κ1) is 29.9. The molecule has 0 saturated carbocycles. The fraction of sp³-hybridized carbons (Fsp3) is 0.268. The van der Waals surface area contributed by atoms with E-state index in [0.29, 0.717) is 11.4 Å². The number of fused-ring (bicyclic) bond motifs is 6. The van der Waals surface area contributed by atoms with E-state index in [1.165, 1.54) is 44.8 Å². The maximum atomic E-state index is 10.8. The molecule has 0 bridgehead atoms. The fourth-order valence-corrected chi connectivity index (χ4v) is 7.71. The van der Waals surface area contributed by atoms with Crippen molar-refractivity contribution >= 4 is 44.1 Å². The number of pyridine rings is 1. The second-order valence-electron chi connectivity index (χ2n) is 13.5. The molecule has 232 valence electrons. The second-order valence-corrected chi connectivity index (χ2v) is 13.5. The standard InChI is InChI=1S/C31H34N2.C10H7NO2/c1-31(2)21-25(23-8-6-9-26(20-23)33-17-15-32(3)16-18-33)19-24-12-13-28-27-10-5-4-7-22(27)11-14-29(28)30(24)31;12-10(13)8-5-1-3-7-4-2-6-11-9(7)8/h4-14,20,25H,15-19,21H2,1-3H3;1-6H,(H,12,13). The first-order chi connectivity index (χ1) is 22.3. The van der Waals surface area contributed by atoms with E-state index in [9.17, 15) is 4.79 Å². The molecule has 5 heteroatoms. The van der Waals surface area contributed by atoms with Gasteiger partial charge in [-0.2, -0.15) is 0 Å². The molecule has 0 radical (unpaired) electrons. The molecule has 6 aromatic rings. The third-order valence-electron chi connectivity index (χ3n) is 9.99. The van der Waals surface area contributed by atoms with E-state index in [1.54, 1.807) is 30.0 Å². The molecule has 2 aliphatic rings. The summed E-state index contributed by atoms with van der Waals surface area (Å²) < 4.78 is 0. The van der Waals surface area contributed by atoms with Gasteiger partial charge in [-0.3, -0.25) is 4.98 Å². The van der Waals surface area contributed by atoms with Crippen LogP contribution in [0.4, 0.5) is 5.69 Å². The first-order valence-electron chi connectivity index (χ1n) is 16.3. The van der Waals surface area contributed by atoms with Gasteiger partial charge in [0.2, 0.25) is 0 Å². The van der Waals surface area contributed by atoms with Gasteiger partial charge in [-0.25, -0.2) is 4.79 Å². The number of hydrogen-bond donors (Lipinski definition) is 1. The lowest BCUT2D eigenvalue weighted by Gasteiger charge is -2.39. The number of aromatic carboxylic acids is 1. The van der Waals surface area contributed by atoms with Crippen LogP contribution in [0.15, 0.2) is 109 Å². The van der Waals surface area contributed by atoms with Gasteiger partial charge in [0.15, 0.2) is 0 Å². The molecule has 8 rings (SSSR count). The van der Waals surface area contributed by atoms with Crippen LogP contribution in [-0.2, 0) is 11.8 Å². The van der Waals surface area contributed by atoms with E-state index < -0.39 is 5.97 Å². The van der Waals surface area contributed by atoms with Crippen molar-refractivity contribution < 1.29 is 9.90 Å². The van der Waals surface area contributed by atoms with Crippen LogP contribution in [0.3, 0.4) is 0 Å². The van der Waals surface area contributed by atoms with Gasteiger partial charge in [0.25, 0.3) is 0 Å². The number of hydrogen-bond acceptors (Lipinski definition) is 4. The Balaban J connectivity index is 0.000000218. The highest BCUT2D eigenvalue weighted by atomic mass is 16.4. The molecule has 1 fully saturated rings. The quantitative estimate of drug-likeness (QED) is 0.204. The highest BCUT2D eigenvalue weighted by Crippen LogP contribution is 2.47. The lowest BCUT2D eigenvalue weighted by atomic mass is 9.65. The maximum absolute atomic E-state index is 10.8. The summed E-state index contributed by atoms with van der Waals surface area (Å²) in [6, 6.07) is 36.4. The number of piperazine rings is 1. The number of carboxylic acid groups (broad SMARTS) is 1. The zero-order valence-corrected chi connectivity index (χ0v) is 26.9. The molecule has 5 aromatic carbocycles. The van der Waals surface area contributed by atoms with Crippen molar-refractivity contribution in [2.45, 2.75) is 38.0 Å². The Morgan fingerprint density at radius 2 is 1.52 bits per heavy atom. The molecule has 1 unspecified atom stereocenters. The molecule has 1 aliphatic carbocycles. The minimum absolute atomic E-state index is 0.143. The van der Waals surface area contributed by atoms with Gasteiger partial charge in [-0.1, -0.05) is 92.7 Å². The third-order valence-corrected chi connectivity index (χ3v) is 9.99. The molecule has 5 nitrogen and oxygen atoms in total. The summed E-state index contributed by atoms with van der Waals surface area (Å²) in [7, 11) is 2.22. The molecule has 1 aliphatic heterocycles.